The molecule has 3 nitrogen and oxygen atoms in total. The SMILES string of the molecule is CNCc1cccc(NC(=O)Cc2cccc(C)c2)c1. The summed E-state index contributed by atoms with van der Waals surface area (Å²) in [6.45, 7) is 2.82. The highest BCUT2D eigenvalue weighted by molar-refractivity contribution is 5.92. The Kier molecular flexibility index (Phi) is 4.91. The second kappa shape index (κ2) is 6.87. The third-order valence-electron chi connectivity index (χ3n) is 3.04. The number of benzene rings is 2. The number of nitrogens with one attached hydrogen (secondary N) is 2. The van der Waals surface area contributed by atoms with Gasteiger partial charge in [0, 0.05) is 12.2 Å². The largest absolute Gasteiger partial charge is 0.326 e. The van der Waals surface area contributed by atoms with Gasteiger partial charge in [-0.25, -0.2) is 0 Å². The van der Waals surface area contributed by atoms with Crippen LogP contribution in [0, 0.1) is 6.92 Å². The molecule has 2 aromatic rings. The smallest absolute Gasteiger partial charge is 0.228 e. The number of rotatable bonds is 5. The molecular weight excluding hydrogens is 248 g/mol. The Hall–Kier alpha value is -2.13. The van der Waals surface area contributed by atoms with Crippen LogP contribution in [0.4, 0.5) is 5.69 Å². The van der Waals surface area contributed by atoms with E-state index < -0.39 is 0 Å². The third-order valence-corrected chi connectivity index (χ3v) is 3.04. The monoisotopic (exact) mass is 268 g/mol. The van der Waals surface area contributed by atoms with Crippen LogP contribution in [-0.2, 0) is 17.8 Å². The Morgan fingerprint density at radius 2 is 1.80 bits per heavy atom. The van der Waals surface area contributed by atoms with Crippen LogP contribution < -0.4 is 10.6 Å². The van der Waals surface area contributed by atoms with Crippen molar-refractivity contribution in [2.45, 2.75) is 19.9 Å². The Labute approximate surface area is 120 Å². The van der Waals surface area contributed by atoms with Crippen molar-refractivity contribution in [3.63, 3.8) is 0 Å². The second-order valence-electron chi connectivity index (χ2n) is 4.94. The van der Waals surface area contributed by atoms with E-state index in [1.807, 2.05) is 62.5 Å². The molecule has 0 saturated heterocycles. The Morgan fingerprint density at radius 3 is 2.55 bits per heavy atom. The predicted molar refractivity (Wildman–Crippen MR) is 82.7 cm³/mol. The zero-order valence-corrected chi connectivity index (χ0v) is 11.9. The zero-order chi connectivity index (χ0) is 14.4. The molecule has 0 heterocycles. The van der Waals surface area contributed by atoms with Crippen LogP contribution in [0.2, 0.25) is 0 Å². The lowest BCUT2D eigenvalue weighted by Crippen LogP contribution is -2.15. The molecule has 1 amide bonds. The lowest BCUT2D eigenvalue weighted by Gasteiger charge is -2.08. The molecule has 0 bridgehead atoms. The summed E-state index contributed by atoms with van der Waals surface area (Å²) < 4.78 is 0. The first-order valence-corrected chi connectivity index (χ1v) is 6.76. The number of carbonyl (C=O) groups is 1. The van der Waals surface area contributed by atoms with Gasteiger partial charge in [0.25, 0.3) is 0 Å². The highest BCUT2D eigenvalue weighted by atomic mass is 16.1. The van der Waals surface area contributed by atoms with E-state index >= 15 is 0 Å². The van der Waals surface area contributed by atoms with Crippen LogP contribution in [0.3, 0.4) is 0 Å². The molecule has 104 valence electrons. The lowest BCUT2D eigenvalue weighted by atomic mass is 10.1. The summed E-state index contributed by atoms with van der Waals surface area (Å²) in [5, 5.41) is 6.04. The molecule has 0 aliphatic heterocycles. The number of anilines is 1. The number of amides is 1. The molecule has 0 saturated carbocycles. The van der Waals surface area contributed by atoms with Gasteiger partial charge >= 0.3 is 0 Å². The minimum atomic E-state index is 0.0113. The molecule has 0 atom stereocenters. The fourth-order valence-electron chi connectivity index (χ4n) is 2.18. The standard InChI is InChI=1S/C17H20N2O/c1-13-5-3-6-14(9-13)11-17(20)19-16-8-4-7-15(10-16)12-18-2/h3-10,18H,11-12H2,1-2H3,(H,19,20). The predicted octanol–water partition coefficient (Wildman–Crippen LogP) is 2.90. The highest BCUT2D eigenvalue weighted by Crippen LogP contribution is 2.12. The maximum absolute atomic E-state index is 12.0. The maximum Gasteiger partial charge on any atom is 0.228 e. The summed E-state index contributed by atoms with van der Waals surface area (Å²) in [7, 11) is 1.91. The van der Waals surface area contributed by atoms with E-state index in [2.05, 4.69) is 10.6 Å². The summed E-state index contributed by atoms with van der Waals surface area (Å²) in [5.41, 5.74) is 4.21. The van der Waals surface area contributed by atoms with E-state index in [0.29, 0.717) is 6.42 Å². The van der Waals surface area contributed by atoms with Crippen LogP contribution in [0.15, 0.2) is 48.5 Å². The van der Waals surface area contributed by atoms with Crippen LogP contribution in [0.5, 0.6) is 0 Å². The first-order valence-electron chi connectivity index (χ1n) is 6.76. The summed E-state index contributed by atoms with van der Waals surface area (Å²) in [6.07, 6.45) is 0.401. The highest BCUT2D eigenvalue weighted by Gasteiger charge is 2.04. The molecule has 0 aliphatic carbocycles. The maximum atomic E-state index is 12.0. The van der Waals surface area contributed by atoms with E-state index in [9.17, 15) is 4.79 Å². The van der Waals surface area contributed by atoms with Gasteiger partial charge in [0.15, 0.2) is 0 Å². The van der Waals surface area contributed by atoms with Crippen molar-refractivity contribution in [1.29, 1.82) is 0 Å². The summed E-state index contributed by atoms with van der Waals surface area (Å²) in [5.74, 6) is 0.0113. The molecular formula is C17H20N2O. The van der Waals surface area contributed by atoms with Gasteiger partial charge in [-0.15, -0.1) is 0 Å². The van der Waals surface area contributed by atoms with Crippen molar-refractivity contribution >= 4 is 11.6 Å². The van der Waals surface area contributed by atoms with Gasteiger partial charge in [0.2, 0.25) is 5.91 Å². The van der Waals surface area contributed by atoms with Gasteiger partial charge in [-0.3, -0.25) is 4.79 Å². The molecule has 0 fully saturated rings. The van der Waals surface area contributed by atoms with Crippen LogP contribution in [-0.4, -0.2) is 13.0 Å². The molecule has 2 rings (SSSR count). The average molecular weight is 268 g/mol. The van der Waals surface area contributed by atoms with Gasteiger partial charge in [0.05, 0.1) is 6.42 Å². The number of hydrogen-bond donors (Lipinski definition) is 2. The quantitative estimate of drug-likeness (QED) is 0.875. The van der Waals surface area contributed by atoms with Crippen molar-refractivity contribution in [3.05, 3.63) is 65.2 Å². The molecule has 20 heavy (non-hydrogen) atoms. The molecule has 0 spiro atoms. The fraction of sp³-hybridized carbons (Fsp3) is 0.235. The average Bonchev–Trinajstić information content (AvgIpc) is 2.39. The van der Waals surface area contributed by atoms with E-state index in [0.717, 1.165) is 23.4 Å². The van der Waals surface area contributed by atoms with Crippen molar-refractivity contribution in [2.24, 2.45) is 0 Å². The van der Waals surface area contributed by atoms with Crippen LogP contribution >= 0.6 is 0 Å². The van der Waals surface area contributed by atoms with Crippen molar-refractivity contribution in [1.82, 2.24) is 5.32 Å². The first kappa shape index (κ1) is 14.3. The minimum absolute atomic E-state index is 0.0113. The Balaban J connectivity index is 1.99. The van der Waals surface area contributed by atoms with Gasteiger partial charge in [0.1, 0.15) is 0 Å². The number of carbonyl (C=O) groups excluding carboxylic acids is 1. The van der Waals surface area contributed by atoms with Gasteiger partial charge in [-0.1, -0.05) is 42.0 Å². The Morgan fingerprint density at radius 1 is 1.05 bits per heavy atom. The molecule has 0 radical (unpaired) electrons. The fourth-order valence-corrected chi connectivity index (χ4v) is 2.18. The van der Waals surface area contributed by atoms with E-state index in [1.54, 1.807) is 0 Å². The summed E-state index contributed by atoms with van der Waals surface area (Å²) in [4.78, 5) is 12.0. The molecule has 3 heteroatoms. The summed E-state index contributed by atoms with van der Waals surface area (Å²) in [6, 6.07) is 15.9. The first-order chi connectivity index (χ1) is 9.67. The van der Waals surface area contributed by atoms with Gasteiger partial charge < -0.3 is 10.6 Å². The normalized spacial score (nSPS) is 10.3. The second-order valence-corrected chi connectivity index (χ2v) is 4.94. The summed E-state index contributed by atoms with van der Waals surface area (Å²) >= 11 is 0. The van der Waals surface area contributed by atoms with E-state index in [1.165, 1.54) is 5.56 Å². The van der Waals surface area contributed by atoms with Crippen molar-refractivity contribution < 1.29 is 4.79 Å². The Bertz CT molecular complexity index is 593. The number of aryl methyl sites for hydroxylation is 1. The lowest BCUT2D eigenvalue weighted by molar-refractivity contribution is -0.115. The zero-order valence-electron chi connectivity index (χ0n) is 11.9. The third kappa shape index (κ3) is 4.21. The molecule has 0 aromatic heterocycles. The minimum Gasteiger partial charge on any atom is -0.326 e. The van der Waals surface area contributed by atoms with E-state index in [-0.39, 0.29) is 5.91 Å². The van der Waals surface area contributed by atoms with E-state index in [4.69, 9.17) is 0 Å². The molecule has 2 aromatic carbocycles. The molecule has 0 unspecified atom stereocenters. The van der Waals surface area contributed by atoms with Crippen LogP contribution in [0.25, 0.3) is 0 Å². The molecule has 0 aliphatic rings. The topological polar surface area (TPSA) is 41.1 Å². The van der Waals surface area contributed by atoms with Crippen molar-refractivity contribution in [2.75, 3.05) is 12.4 Å². The number of hydrogen-bond acceptors (Lipinski definition) is 2. The van der Waals surface area contributed by atoms with Crippen LogP contribution in [0.1, 0.15) is 16.7 Å². The van der Waals surface area contributed by atoms with Crippen molar-refractivity contribution in [3.8, 4) is 0 Å². The molecule has 2 N–H and O–H groups in total. The van der Waals surface area contributed by atoms with Gasteiger partial charge in [-0.2, -0.15) is 0 Å². The van der Waals surface area contributed by atoms with Gasteiger partial charge in [-0.05, 0) is 37.2 Å².